The maximum Gasteiger partial charge on any atom is 0.258 e. The standard InChI is InChI=1S/C24H20ClN3O2/c1-15-12-20-22(24(29)28(15)11-10-16-6-3-2-4-7-16)21(19(14-26)23(27)30-20)17-8-5-9-18(25)13-17/h2-9,12-13,21H,10-11,27H2,1H3/t21-/m0/s1. The average Bonchev–Trinajstić information content (AvgIpc) is 2.73. The lowest BCUT2D eigenvalue weighted by atomic mass is 9.84. The number of aryl methyl sites for hydroxylation is 2. The molecule has 2 N–H and O–H groups in total. The third kappa shape index (κ3) is 3.58. The van der Waals surface area contributed by atoms with E-state index in [9.17, 15) is 10.1 Å². The fourth-order valence-corrected chi connectivity index (χ4v) is 4.07. The molecule has 5 nitrogen and oxygen atoms in total. The second-order valence-electron chi connectivity index (χ2n) is 7.24. The number of aromatic nitrogens is 1. The molecule has 30 heavy (non-hydrogen) atoms. The van der Waals surface area contributed by atoms with Gasteiger partial charge in [-0.05, 0) is 36.6 Å². The number of nitrogens with two attached hydrogens (primary N) is 1. The monoisotopic (exact) mass is 417 g/mol. The van der Waals surface area contributed by atoms with Gasteiger partial charge in [0.2, 0.25) is 5.88 Å². The number of hydrogen-bond donors (Lipinski definition) is 1. The summed E-state index contributed by atoms with van der Waals surface area (Å²) in [5, 5.41) is 10.3. The van der Waals surface area contributed by atoms with Crippen LogP contribution >= 0.6 is 11.6 Å². The molecule has 1 atom stereocenters. The van der Waals surface area contributed by atoms with Crippen molar-refractivity contribution in [1.82, 2.24) is 4.57 Å². The van der Waals surface area contributed by atoms with Crippen LogP contribution in [0, 0.1) is 18.3 Å². The van der Waals surface area contributed by atoms with E-state index >= 15 is 0 Å². The summed E-state index contributed by atoms with van der Waals surface area (Å²) in [5.41, 5.74) is 9.10. The van der Waals surface area contributed by atoms with Crippen LogP contribution in [0.15, 0.2) is 76.9 Å². The number of hydrogen-bond acceptors (Lipinski definition) is 4. The van der Waals surface area contributed by atoms with E-state index in [1.807, 2.05) is 43.3 Å². The highest BCUT2D eigenvalue weighted by Crippen LogP contribution is 2.40. The summed E-state index contributed by atoms with van der Waals surface area (Å²) in [4.78, 5) is 13.6. The minimum atomic E-state index is -0.631. The maximum absolute atomic E-state index is 13.6. The molecule has 0 radical (unpaired) electrons. The van der Waals surface area contributed by atoms with Gasteiger partial charge in [-0.15, -0.1) is 0 Å². The zero-order valence-corrected chi connectivity index (χ0v) is 17.2. The van der Waals surface area contributed by atoms with Crippen LogP contribution in [-0.2, 0) is 13.0 Å². The Kier molecular flexibility index (Phi) is 5.35. The molecule has 0 aliphatic carbocycles. The van der Waals surface area contributed by atoms with Crippen LogP contribution in [0.2, 0.25) is 5.02 Å². The summed E-state index contributed by atoms with van der Waals surface area (Å²) < 4.78 is 7.41. The van der Waals surface area contributed by atoms with Gasteiger partial charge in [0.05, 0.1) is 11.5 Å². The summed E-state index contributed by atoms with van der Waals surface area (Å²) in [6.07, 6.45) is 0.714. The third-order valence-corrected chi connectivity index (χ3v) is 5.57. The number of allylic oxidation sites excluding steroid dienone is 1. The van der Waals surface area contributed by atoms with E-state index in [4.69, 9.17) is 22.1 Å². The molecule has 1 aliphatic rings. The predicted molar refractivity (Wildman–Crippen MR) is 116 cm³/mol. The SMILES string of the molecule is Cc1cc2c(c(=O)n1CCc1ccccc1)[C@@H](c1cccc(Cl)c1)C(C#N)=C(N)O2. The van der Waals surface area contributed by atoms with Gasteiger partial charge in [0.1, 0.15) is 17.4 Å². The van der Waals surface area contributed by atoms with Crippen LogP contribution in [0.25, 0.3) is 0 Å². The third-order valence-electron chi connectivity index (χ3n) is 5.34. The molecule has 3 aromatic rings. The minimum absolute atomic E-state index is 0.0100. The van der Waals surface area contributed by atoms with Gasteiger partial charge in [-0.1, -0.05) is 54.1 Å². The van der Waals surface area contributed by atoms with E-state index in [0.29, 0.717) is 29.3 Å². The lowest BCUT2D eigenvalue weighted by Gasteiger charge is -2.27. The van der Waals surface area contributed by atoms with Crippen molar-refractivity contribution in [2.45, 2.75) is 25.8 Å². The van der Waals surface area contributed by atoms with Crippen molar-refractivity contribution in [1.29, 1.82) is 5.26 Å². The highest BCUT2D eigenvalue weighted by molar-refractivity contribution is 6.30. The number of ether oxygens (including phenoxy) is 1. The van der Waals surface area contributed by atoms with E-state index in [1.54, 1.807) is 28.8 Å². The summed E-state index contributed by atoms with van der Waals surface area (Å²) >= 11 is 6.19. The number of nitrogens with zero attached hydrogens (tertiary/aromatic N) is 2. The van der Waals surface area contributed by atoms with Crippen LogP contribution in [0.3, 0.4) is 0 Å². The molecule has 0 spiro atoms. The molecule has 1 aliphatic heterocycles. The second-order valence-corrected chi connectivity index (χ2v) is 7.67. The molecule has 0 fully saturated rings. The zero-order chi connectivity index (χ0) is 21.3. The Morgan fingerprint density at radius 2 is 1.93 bits per heavy atom. The van der Waals surface area contributed by atoms with E-state index < -0.39 is 5.92 Å². The van der Waals surface area contributed by atoms with E-state index in [-0.39, 0.29) is 17.0 Å². The Bertz CT molecular complexity index is 1240. The Morgan fingerprint density at radius 3 is 2.63 bits per heavy atom. The van der Waals surface area contributed by atoms with Crippen molar-refractivity contribution in [2.75, 3.05) is 0 Å². The van der Waals surface area contributed by atoms with Gasteiger partial charge in [0.25, 0.3) is 5.56 Å². The molecular weight excluding hydrogens is 398 g/mol. The van der Waals surface area contributed by atoms with E-state index in [1.165, 1.54) is 0 Å². The quantitative estimate of drug-likeness (QED) is 0.687. The number of fused-ring (bicyclic) bond motifs is 1. The van der Waals surface area contributed by atoms with Crippen molar-refractivity contribution in [3.63, 3.8) is 0 Å². The predicted octanol–water partition coefficient (Wildman–Crippen LogP) is 4.27. The Morgan fingerprint density at radius 1 is 1.17 bits per heavy atom. The van der Waals surface area contributed by atoms with Crippen LogP contribution < -0.4 is 16.0 Å². The number of benzene rings is 2. The molecule has 2 heterocycles. The fourth-order valence-electron chi connectivity index (χ4n) is 3.87. The van der Waals surface area contributed by atoms with Crippen molar-refractivity contribution >= 4 is 11.6 Å². The lowest BCUT2D eigenvalue weighted by molar-refractivity contribution is 0.388. The number of pyridine rings is 1. The summed E-state index contributed by atoms with van der Waals surface area (Å²) in [6.45, 7) is 2.38. The first-order valence-electron chi connectivity index (χ1n) is 9.61. The average molecular weight is 418 g/mol. The van der Waals surface area contributed by atoms with Crippen molar-refractivity contribution in [2.24, 2.45) is 5.73 Å². The van der Waals surface area contributed by atoms with Gasteiger partial charge >= 0.3 is 0 Å². The van der Waals surface area contributed by atoms with Crippen LogP contribution in [0.4, 0.5) is 0 Å². The summed E-state index contributed by atoms with van der Waals surface area (Å²) in [6, 6.07) is 21.0. The highest BCUT2D eigenvalue weighted by Gasteiger charge is 2.34. The molecule has 0 saturated heterocycles. The maximum atomic E-state index is 13.6. The van der Waals surface area contributed by atoms with Gasteiger partial charge < -0.3 is 15.0 Å². The molecule has 4 rings (SSSR count). The zero-order valence-electron chi connectivity index (χ0n) is 16.4. The van der Waals surface area contributed by atoms with Crippen LogP contribution in [0.5, 0.6) is 5.75 Å². The Labute approximate surface area is 179 Å². The first-order valence-corrected chi connectivity index (χ1v) is 9.98. The molecule has 0 unspecified atom stereocenters. The van der Waals surface area contributed by atoms with Gasteiger partial charge in [-0.3, -0.25) is 4.79 Å². The van der Waals surface area contributed by atoms with Crippen molar-refractivity contribution < 1.29 is 4.74 Å². The van der Waals surface area contributed by atoms with Gasteiger partial charge in [-0.25, -0.2) is 0 Å². The van der Waals surface area contributed by atoms with Gasteiger partial charge in [-0.2, -0.15) is 5.26 Å². The second kappa shape index (κ2) is 8.10. The highest BCUT2D eigenvalue weighted by atomic mass is 35.5. The lowest BCUT2D eigenvalue weighted by Crippen LogP contribution is -2.33. The Balaban J connectivity index is 1.84. The molecule has 0 saturated carbocycles. The van der Waals surface area contributed by atoms with Crippen LogP contribution in [0.1, 0.15) is 28.3 Å². The van der Waals surface area contributed by atoms with Crippen LogP contribution in [-0.4, -0.2) is 4.57 Å². The number of nitriles is 1. The van der Waals surface area contributed by atoms with Gasteiger partial charge in [0.15, 0.2) is 0 Å². The van der Waals surface area contributed by atoms with Crippen molar-refractivity contribution in [3.8, 4) is 11.8 Å². The first-order chi connectivity index (χ1) is 14.5. The summed E-state index contributed by atoms with van der Waals surface area (Å²) in [7, 11) is 0. The molecule has 150 valence electrons. The number of halogens is 1. The van der Waals surface area contributed by atoms with E-state index in [0.717, 1.165) is 16.8 Å². The summed E-state index contributed by atoms with van der Waals surface area (Å²) in [5.74, 6) is -0.237. The number of rotatable bonds is 4. The molecule has 1 aromatic heterocycles. The smallest absolute Gasteiger partial charge is 0.258 e. The normalized spacial score (nSPS) is 15.3. The topological polar surface area (TPSA) is 81.0 Å². The van der Waals surface area contributed by atoms with Crippen molar-refractivity contribution in [3.05, 3.63) is 110 Å². The minimum Gasteiger partial charge on any atom is -0.440 e. The largest absolute Gasteiger partial charge is 0.440 e. The first kappa shape index (κ1) is 19.8. The molecule has 6 heteroatoms. The molecule has 2 aromatic carbocycles. The van der Waals surface area contributed by atoms with E-state index in [2.05, 4.69) is 6.07 Å². The van der Waals surface area contributed by atoms with Gasteiger partial charge in [0, 0.05) is 23.3 Å². The molecular formula is C24H20ClN3O2. The Hall–Kier alpha value is -3.49. The molecule has 0 amide bonds. The fraction of sp³-hybridized carbons (Fsp3) is 0.167. The molecule has 0 bridgehead atoms.